The number of hydrogen-bond donors (Lipinski definition) is 0. The Morgan fingerprint density at radius 1 is 1.43 bits per heavy atom. The summed E-state index contributed by atoms with van der Waals surface area (Å²) in [6, 6.07) is 6.18. The minimum atomic E-state index is -1.22. The van der Waals surface area contributed by atoms with Crippen molar-refractivity contribution in [2.24, 2.45) is 4.99 Å². The minimum absolute atomic E-state index is 0.325. The number of nitrogens with zero attached hydrogens (tertiary/aromatic N) is 1. The van der Waals surface area contributed by atoms with Crippen molar-refractivity contribution in [2.75, 3.05) is 0 Å². The Bertz CT molecular complexity index is 310. The van der Waals surface area contributed by atoms with E-state index in [0.29, 0.717) is 12.0 Å². The quantitative estimate of drug-likeness (QED) is 0.518. The molecule has 0 amide bonds. The molecular weight excluding hydrogens is 184 g/mol. The zero-order chi connectivity index (χ0) is 10.4. The first-order valence-electron chi connectivity index (χ1n) is 4.65. The van der Waals surface area contributed by atoms with Crippen molar-refractivity contribution >= 4 is 6.21 Å². The Balaban J connectivity index is 2.64. The third-order valence-electron chi connectivity index (χ3n) is 1.81. The number of benzene rings is 1. The third kappa shape index (κ3) is 3.24. The standard InChI is InChI=1S/C11H13F2N/c1-2-5-11(13)14-8-9-6-3-4-7-10(9)12/h3-4,6-8,11H,2,5H2,1H3. The van der Waals surface area contributed by atoms with Crippen LogP contribution in [-0.2, 0) is 0 Å². The number of hydrogen-bond acceptors (Lipinski definition) is 1. The summed E-state index contributed by atoms with van der Waals surface area (Å²) < 4.78 is 25.9. The fraction of sp³-hybridized carbons (Fsp3) is 0.364. The van der Waals surface area contributed by atoms with Gasteiger partial charge in [0, 0.05) is 11.8 Å². The van der Waals surface area contributed by atoms with Gasteiger partial charge in [0.15, 0.2) is 6.30 Å². The van der Waals surface area contributed by atoms with E-state index in [4.69, 9.17) is 0 Å². The summed E-state index contributed by atoms with van der Waals surface area (Å²) in [6.07, 6.45) is 1.13. The van der Waals surface area contributed by atoms with Crippen LogP contribution in [-0.4, -0.2) is 12.5 Å². The Kier molecular flexibility index (Phi) is 4.23. The van der Waals surface area contributed by atoms with Gasteiger partial charge in [-0.2, -0.15) is 0 Å². The van der Waals surface area contributed by atoms with E-state index in [1.807, 2.05) is 6.92 Å². The van der Waals surface area contributed by atoms with E-state index in [-0.39, 0.29) is 5.82 Å². The molecule has 1 unspecified atom stereocenters. The summed E-state index contributed by atoms with van der Waals surface area (Å²) in [5.41, 5.74) is 0.325. The SMILES string of the molecule is CCCC(F)N=Cc1ccccc1F. The first-order valence-corrected chi connectivity index (χ1v) is 4.65. The molecule has 14 heavy (non-hydrogen) atoms. The fourth-order valence-electron chi connectivity index (χ4n) is 1.05. The maximum atomic E-state index is 13.0. The second-order valence-corrected chi connectivity index (χ2v) is 3.02. The van der Waals surface area contributed by atoms with E-state index in [9.17, 15) is 8.78 Å². The lowest BCUT2D eigenvalue weighted by molar-refractivity contribution is 0.326. The van der Waals surface area contributed by atoms with Crippen LogP contribution in [0.4, 0.5) is 8.78 Å². The van der Waals surface area contributed by atoms with E-state index in [1.54, 1.807) is 18.2 Å². The molecule has 1 nitrogen and oxygen atoms in total. The van der Waals surface area contributed by atoms with E-state index in [1.165, 1.54) is 12.3 Å². The van der Waals surface area contributed by atoms with Crippen LogP contribution < -0.4 is 0 Å². The highest BCUT2D eigenvalue weighted by atomic mass is 19.1. The van der Waals surface area contributed by atoms with Gasteiger partial charge in [-0.3, -0.25) is 4.99 Å². The van der Waals surface area contributed by atoms with E-state index < -0.39 is 6.30 Å². The molecule has 0 radical (unpaired) electrons. The summed E-state index contributed by atoms with van der Waals surface area (Å²) in [6.45, 7) is 1.88. The lowest BCUT2D eigenvalue weighted by Crippen LogP contribution is -1.96. The van der Waals surface area contributed by atoms with Crippen LogP contribution >= 0.6 is 0 Å². The summed E-state index contributed by atoms with van der Waals surface area (Å²) in [7, 11) is 0. The van der Waals surface area contributed by atoms with Gasteiger partial charge < -0.3 is 0 Å². The molecule has 0 spiro atoms. The van der Waals surface area contributed by atoms with Crippen LogP contribution in [0.5, 0.6) is 0 Å². The van der Waals surface area contributed by atoms with Gasteiger partial charge in [-0.25, -0.2) is 8.78 Å². The molecule has 0 aliphatic rings. The van der Waals surface area contributed by atoms with Crippen LogP contribution in [0.25, 0.3) is 0 Å². The summed E-state index contributed by atoms with van der Waals surface area (Å²) >= 11 is 0. The molecule has 0 saturated carbocycles. The van der Waals surface area contributed by atoms with E-state index >= 15 is 0 Å². The zero-order valence-electron chi connectivity index (χ0n) is 8.08. The van der Waals surface area contributed by atoms with E-state index in [2.05, 4.69) is 4.99 Å². The largest absolute Gasteiger partial charge is 0.256 e. The van der Waals surface area contributed by atoms with Gasteiger partial charge in [0.05, 0.1) is 0 Å². The second-order valence-electron chi connectivity index (χ2n) is 3.02. The molecule has 1 aromatic carbocycles. The maximum absolute atomic E-state index is 13.0. The Morgan fingerprint density at radius 2 is 2.14 bits per heavy atom. The first kappa shape index (κ1) is 10.8. The maximum Gasteiger partial charge on any atom is 0.189 e. The highest BCUT2D eigenvalue weighted by Gasteiger charge is 2.01. The number of aliphatic imine (C=N–C) groups is 1. The summed E-state index contributed by atoms with van der Waals surface area (Å²) in [4.78, 5) is 3.61. The molecule has 0 aliphatic heterocycles. The van der Waals surface area contributed by atoms with Gasteiger partial charge in [-0.05, 0) is 12.5 Å². The average molecular weight is 197 g/mol. The average Bonchev–Trinajstić information content (AvgIpc) is 2.17. The first-order chi connectivity index (χ1) is 6.74. The fourth-order valence-corrected chi connectivity index (χ4v) is 1.05. The molecule has 0 aromatic heterocycles. The van der Waals surface area contributed by atoms with Crippen LogP contribution in [0.2, 0.25) is 0 Å². The zero-order valence-corrected chi connectivity index (χ0v) is 8.08. The van der Waals surface area contributed by atoms with E-state index in [0.717, 1.165) is 6.42 Å². The Hall–Kier alpha value is -1.25. The van der Waals surface area contributed by atoms with Crippen molar-refractivity contribution in [1.82, 2.24) is 0 Å². The molecule has 0 saturated heterocycles. The van der Waals surface area contributed by atoms with Gasteiger partial charge in [-0.1, -0.05) is 31.5 Å². The molecule has 1 atom stereocenters. The highest BCUT2D eigenvalue weighted by Crippen LogP contribution is 2.06. The lowest BCUT2D eigenvalue weighted by Gasteiger charge is -1.99. The number of rotatable bonds is 4. The predicted octanol–water partition coefficient (Wildman–Crippen LogP) is 3.34. The lowest BCUT2D eigenvalue weighted by atomic mass is 10.2. The Morgan fingerprint density at radius 3 is 2.79 bits per heavy atom. The van der Waals surface area contributed by atoms with Crippen molar-refractivity contribution in [3.63, 3.8) is 0 Å². The smallest absolute Gasteiger partial charge is 0.189 e. The van der Waals surface area contributed by atoms with Crippen LogP contribution in [0, 0.1) is 5.82 Å². The predicted molar refractivity (Wildman–Crippen MR) is 53.8 cm³/mol. The number of alkyl halides is 1. The van der Waals surface area contributed by atoms with Crippen molar-refractivity contribution in [2.45, 2.75) is 26.1 Å². The van der Waals surface area contributed by atoms with Crippen LogP contribution in [0.3, 0.4) is 0 Å². The molecule has 0 fully saturated rings. The molecule has 76 valence electrons. The molecule has 3 heteroatoms. The van der Waals surface area contributed by atoms with Crippen molar-refractivity contribution < 1.29 is 8.78 Å². The summed E-state index contributed by atoms with van der Waals surface area (Å²) in [5, 5.41) is 0. The third-order valence-corrected chi connectivity index (χ3v) is 1.81. The molecule has 0 bridgehead atoms. The highest BCUT2D eigenvalue weighted by molar-refractivity contribution is 5.79. The molecule has 1 rings (SSSR count). The van der Waals surface area contributed by atoms with Gasteiger partial charge in [0.1, 0.15) is 5.82 Å². The normalized spacial score (nSPS) is 13.4. The molecular formula is C11H13F2N. The molecule has 0 heterocycles. The van der Waals surface area contributed by atoms with Gasteiger partial charge in [-0.15, -0.1) is 0 Å². The molecule has 1 aromatic rings. The van der Waals surface area contributed by atoms with Gasteiger partial charge in [0.2, 0.25) is 0 Å². The number of halogens is 2. The topological polar surface area (TPSA) is 12.4 Å². The summed E-state index contributed by atoms with van der Waals surface area (Å²) in [5.74, 6) is -0.375. The van der Waals surface area contributed by atoms with Crippen LogP contribution in [0.1, 0.15) is 25.3 Å². The van der Waals surface area contributed by atoms with Crippen molar-refractivity contribution in [3.8, 4) is 0 Å². The van der Waals surface area contributed by atoms with Crippen molar-refractivity contribution in [3.05, 3.63) is 35.6 Å². The van der Waals surface area contributed by atoms with Crippen molar-refractivity contribution in [1.29, 1.82) is 0 Å². The monoisotopic (exact) mass is 197 g/mol. The minimum Gasteiger partial charge on any atom is -0.256 e. The van der Waals surface area contributed by atoms with Gasteiger partial charge in [0.25, 0.3) is 0 Å². The van der Waals surface area contributed by atoms with Crippen LogP contribution in [0.15, 0.2) is 29.3 Å². The molecule has 0 N–H and O–H groups in total. The molecule has 0 aliphatic carbocycles. The second kappa shape index (κ2) is 5.47. The Labute approximate surface area is 82.5 Å². The van der Waals surface area contributed by atoms with Gasteiger partial charge >= 0.3 is 0 Å².